The number of pyridine rings is 2. The molecule has 0 fully saturated rings. The van der Waals surface area contributed by atoms with Crippen molar-refractivity contribution in [1.29, 1.82) is 0 Å². The molecule has 7 heteroatoms. The Hall–Kier alpha value is -2.86. The molecule has 0 saturated carbocycles. The Morgan fingerprint density at radius 1 is 1.10 bits per heavy atom. The van der Waals surface area contributed by atoms with Gasteiger partial charge in [-0.15, -0.1) is 0 Å². The lowest BCUT2D eigenvalue weighted by molar-refractivity contribution is 0.321. The lowest BCUT2D eigenvalue weighted by atomic mass is 9.92. The smallest absolute Gasteiger partial charge is 0.142 e. The first-order chi connectivity index (χ1) is 14.7. The van der Waals surface area contributed by atoms with Crippen LogP contribution in [-0.4, -0.2) is 33.0 Å². The second kappa shape index (κ2) is 9.30. The molecule has 6 nitrogen and oxygen atoms in total. The molecule has 1 aromatic carbocycles. The summed E-state index contributed by atoms with van der Waals surface area (Å²) in [6, 6.07) is 9.28. The van der Waals surface area contributed by atoms with E-state index in [1.54, 1.807) is 12.1 Å². The number of aromatic hydroxyl groups is 1. The second-order valence-electron chi connectivity index (χ2n) is 7.62. The van der Waals surface area contributed by atoms with E-state index in [1.165, 1.54) is 29.8 Å². The maximum atomic E-state index is 9.72. The van der Waals surface area contributed by atoms with Crippen molar-refractivity contribution in [2.75, 3.05) is 11.9 Å². The van der Waals surface area contributed by atoms with Crippen LogP contribution in [0.2, 0.25) is 5.02 Å². The Kier molecular flexibility index (Phi) is 6.33. The van der Waals surface area contributed by atoms with Crippen LogP contribution in [0.5, 0.6) is 5.75 Å². The van der Waals surface area contributed by atoms with Crippen molar-refractivity contribution < 1.29 is 10.3 Å². The molecule has 3 aromatic rings. The van der Waals surface area contributed by atoms with Crippen LogP contribution >= 0.6 is 11.6 Å². The first-order valence-corrected chi connectivity index (χ1v) is 10.7. The number of fused-ring (bicyclic) bond motifs is 2. The minimum Gasteiger partial charge on any atom is -0.506 e. The fourth-order valence-corrected chi connectivity index (χ4v) is 4.21. The number of hydrogen-bond donors (Lipinski definition) is 3. The van der Waals surface area contributed by atoms with E-state index in [2.05, 4.69) is 15.5 Å². The number of nitrogens with zero attached hydrogens (tertiary/aromatic N) is 3. The molecule has 0 spiro atoms. The molecule has 156 valence electrons. The van der Waals surface area contributed by atoms with Crippen LogP contribution in [0.4, 0.5) is 5.69 Å². The molecule has 0 bridgehead atoms. The lowest BCUT2D eigenvalue weighted by Crippen LogP contribution is -2.12. The van der Waals surface area contributed by atoms with E-state index in [0.29, 0.717) is 0 Å². The van der Waals surface area contributed by atoms with Gasteiger partial charge in [-0.1, -0.05) is 16.8 Å². The van der Waals surface area contributed by atoms with E-state index in [9.17, 15) is 5.11 Å². The standard InChI is InChI=1S/C23H25ClN4O2/c24-15-8-10-20-18(13-15)23(17-6-1-2-7-19(17)28-20)25-12-4-3-5-16-9-11-22(29)21(27-16)14-26-30/h8-11,13-14,29-30H,1-7,12H2,(H,25,28)/b26-14-. The molecular weight excluding hydrogens is 400 g/mol. The van der Waals surface area contributed by atoms with Crippen LogP contribution in [0.25, 0.3) is 10.9 Å². The highest BCUT2D eigenvalue weighted by atomic mass is 35.5. The SMILES string of the molecule is O/N=C\c1nc(CCCCNc2c3c(nc4ccc(Cl)cc24)CCCC3)ccc1O. The molecule has 2 aromatic heterocycles. The van der Waals surface area contributed by atoms with Crippen LogP contribution in [0.3, 0.4) is 0 Å². The van der Waals surface area contributed by atoms with E-state index >= 15 is 0 Å². The highest BCUT2D eigenvalue weighted by Crippen LogP contribution is 2.34. The molecule has 1 aliphatic carbocycles. The van der Waals surface area contributed by atoms with Gasteiger partial charge >= 0.3 is 0 Å². The van der Waals surface area contributed by atoms with Crippen molar-refractivity contribution in [3.8, 4) is 5.75 Å². The van der Waals surface area contributed by atoms with Gasteiger partial charge in [0, 0.05) is 34.0 Å². The van der Waals surface area contributed by atoms with Crippen LogP contribution in [0.15, 0.2) is 35.5 Å². The summed E-state index contributed by atoms with van der Waals surface area (Å²) >= 11 is 6.27. The summed E-state index contributed by atoms with van der Waals surface area (Å²) in [6.07, 6.45) is 8.34. The highest BCUT2D eigenvalue weighted by Gasteiger charge is 2.18. The number of rotatable bonds is 7. The Morgan fingerprint density at radius 3 is 2.83 bits per heavy atom. The van der Waals surface area contributed by atoms with E-state index in [1.807, 2.05) is 18.2 Å². The van der Waals surface area contributed by atoms with Crippen molar-refractivity contribution in [3.63, 3.8) is 0 Å². The Labute approximate surface area is 180 Å². The van der Waals surface area contributed by atoms with Gasteiger partial charge in [-0.2, -0.15) is 0 Å². The first kappa shape index (κ1) is 20.4. The zero-order chi connectivity index (χ0) is 20.9. The number of halogens is 1. The zero-order valence-corrected chi connectivity index (χ0v) is 17.5. The third-order valence-electron chi connectivity index (χ3n) is 5.53. The maximum Gasteiger partial charge on any atom is 0.142 e. The average molecular weight is 425 g/mol. The zero-order valence-electron chi connectivity index (χ0n) is 16.7. The molecule has 0 aliphatic heterocycles. The Balaban J connectivity index is 1.43. The Morgan fingerprint density at radius 2 is 1.97 bits per heavy atom. The van der Waals surface area contributed by atoms with Gasteiger partial charge in [0.1, 0.15) is 11.4 Å². The lowest BCUT2D eigenvalue weighted by Gasteiger charge is -2.22. The maximum absolute atomic E-state index is 9.72. The monoisotopic (exact) mass is 424 g/mol. The average Bonchev–Trinajstić information content (AvgIpc) is 2.75. The van der Waals surface area contributed by atoms with Gasteiger partial charge in [-0.05, 0) is 80.8 Å². The summed E-state index contributed by atoms with van der Waals surface area (Å²) in [6.45, 7) is 0.848. The van der Waals surface area contributed by atoms with E-state index in [4.69, 9.17) is 21.8 Å². The number of anilines is 1. The minimum absolute atomic E-state index is 0.00576. The number of hydrogen-bond acceptors (Lipinski definition) is 6. The van der Waals surface area contributed by atoms with Crippen LogP contribution in [0.1, 0.15) is 48.3 Å². The third kappa shape index (κ3) is 4.49. The van der Waals surface area contributed by atoms with Crippen LogP contribution in [0, 0.1) is 0 Å². The number of aromatic nitrogens is 2. The number of aryl methyl sites for hydroxylation is 2. The molecule has 0 atom stereocenters. The summed E-state index contributed by atoms with van der Waals surface area (Å²) in [5, 5.41) is 26.8. The van der Waals surface area contributed by atoms with Crippen molar-refractivity contribution in [2.45, 2.75) is 44.9 Å². The molecule has 0 saturated heterocycles. The molecule has 0 amide bonds. The topological polar surface area (TPSA) is 90.6 Å². The molecule has 3 N–H and O–H groups in total. The van der Waals surface area contributed by atoms with Crippen molar-refractivity contribution in [3.05, 3.63) is 58.0 Å². The van der Waals surface area contributed by atoms with Crippen molar-refractivity contribution >= 4 is 34.4 Å². The number of benzene rings is 1. The van der Waals surface area contributed by atoms with Gasteiger partial charge in [0.2, 0.25) is 0 Å². The Bertz CT molecular complexity index is 1080. The van der Waals surface area contributed by atoms with Crippen molar-refractivity contribution in [1.82, 2.24) is 9.97 Å². The first-order valence-electron chi connectivity index (χ1n) is 10.4. The summed E-state index contributed by atoms with van der Waals surface area (Å²) in [7, 11) is 0. The van der Waals surface area contributed by atoms with Gasteiger partial charge in [-0.3, -0.25) is 4.98 Å². The third-order valence-corrected chi connectivity index (χ3v) is 5.76. The molecule has 30 heavy (non-hydrogen) atoms. The van der Waals surface area contributed by atoms with E-state index in [0.717, 1.165) is 66.5 Å². The second-order valence-corrected chi connectivity index (χ2v) is 8.05. The number of unbranched alkanes of at least 4 members (excludes halogenated alkanes) is 1. The predicted molar refractivity (Wildman–Crippen MR) is 120 cm³/mol. The van der Waals surface area contributed by atoms with E-state index in [-0.39, 0.29) is 11.4 Å². The summed E-state index contributed by atoms with van der Waals surface area (Å²) < 4.78 is 0. The molecule has 0 radical (unpaired) electrons. The minimum atomic E-state index is 0.00576. The van der Waals surface area contributed by atoms with Crippen LogP contribution < -0.4 is 5.32 Å². The fraction of sp³-hybridized carbons (Fsp3) is 0.348. The predicted octanol–water partition coefficient (Wildman–Crippen LogP) is 5.11. The molecular formula is C23H25ClN4O2. The largest absolute Gasteiger partial charge is 0.506 e. The fourth-order valence-electron chi connectivity index (χ4n) is 4.04. The summed E-state index contributed by atoms with van der Waals surface area (Å²) in [5.74, 6) is 0.00576. The normalized spacial score (nSPS) is 13.6. The van der Waals surface area contributed by atoms with Crippen molar-refractivity contribution in [2.24, 2.45) is 5.16 Å². The van der Waals surface area contributed by atoms with Gasteiger partial charge in [0.25, 0.3) is 0 Å². The molecule has 0 unspecified atom stereocenters. The quantitative estimate of drug-likeness (QED) is 0.212. The van der Waals surface area contributed by atoms with Gasteiger partial charge in [-0.25, -0.2) is 4.98 Å². The summed E-state index contributed by atoms with van der Waals surface area (Å²) in [4.78, 5) is 9.20. The van der Waals surface area contributed by atoms with Gasteiger partial charge in [0.05, 0.1) is 11.7 Å². The molecule has 4 rings (SSSR count). The molecule has 2 heterocycles. The number of oxime groups is 1. The summed E-state index contributed by atoms with van der Waals surface area (Å²) in [5.41, 5.74) is 5.87. The van der Waals surface area contributed by atoms with Crippen LogP contribution in [-0.2, 0) is 19.3 Å². The van der Waals surface area contributed by atoms with E-state index < -0.39 is 0 Å². The molecule has 1 aliphatic rings. The van der Waals surface area contributed by atoms with Gasteiger partial charge in [0.15, 0.2) is 0 Å². The number of nitrogens with one attached hydrogen (secondary N) is 1. The van der Waals surface area contributed by atoms with Gasteiger partial charge < -0.3 is 15.6 Å². The highest BCUT2D eigenvalue weighted by molar-refractivity contribution is 6.31.